The largest absolute Gasteiger partial charge is 0.481 e. The third-order valence-corrected chi connectivity index (χ3v) is 4.49. The molecule has 0 radical (unpaired) electrons. The number of nitrogens with one attached hydrogen (secondary N) is 1. The Kier molecular flexibility index (Phi) is 4.25. The summed E-state index contributed by atoms with van der Waals surface area (Å²) in [6.07, 6.45) is 6.68. The van der Waals surface area contributed by atoms with Crippen LogP contribution in [0.15, 0.2) is 30.5 Å². The molecule has 2 aromatic rings. The minimum absolute atomic E-state index is 0.273. The van der Waals surface area contributed by atoms with E-state index in [1.54, 1.807) is 0 Å². The van der Waals surface area contributed by atoms with E-state index in [1.807, 2.05) is 6.07 Å². The van der Waals surface area contributed by atoms with Crippen LogP contribution in [0.1, 0.15) is 37.7 Å². The molecule has 4 heteroatoms. The van der Waals surface area contributed by atoms with Crippen LogP contribution in [0.5, 0.6) is 0 Å². The van der Waals surface area contributed by atoms with Gasteiger partial charge in [0, 0.05) is 36.1 Å². The number of hydrogen-bond acceptors (Lipinski definition) is 2. The monoisotopic (exact) mass is 286 g/mol. The Morgan fingerprint density at radius 2 is 2.19 bits per heavy atom. The molecule has 2 heterocycles. The molecule has 1 fully saturated rings. The number of para-hydroxylation sites is 1. The molecule has 1 aliphatic rings. The third kappa shape index (κ3) is 3.27. The molecule has 0 amide bonds. The topological polar surface area (TPSA) is 56.3 Å². The summed E-state index contributed by atoms with van der Waals surface area (Å²) in [5.41, 5.74) is 2.49. The van der Waals surface area contributed by atoms with Crippen molar-refractivity contribution in [2.75, 3.05) is 6.54 Å². The molecule has 112 valence electrons. The van der Waals surface area contributed by atoms with Gasteiger partial charge in [0.05, 0.1) is 0 Å². The summed E-state index contributed by atoms with van der Waals surface area (Å²) >= 11 is 0. The molecule has 1 unspecified atom stereocenters. The molecule has 1 aliphatic heterocycles. The fourth-order valence-corrected chi connectivity index (χ4v) is 3.37. The fourth-order valence-electron chi connectivity index (χ4n) is 3.37. The second-order valence-corrected chi connectivity index (χ2v) is 5.91. The van der Waals surface area contributed by atoms with Crippen molar-refractivity contribution in [2.45, 2.75) is 44.7 Å². The van der Waals surface area contributed by atoms with Gasteiger partial charge in [-0.25, -0.2) is 0 Å². The van der Waals surface area contributed by atoms with Crippen LogP contribution in [0, 0.1) is 0 Å². The van der Waals surface area contributed by atoms with Crippen LogP contribution in [0.2, 0.25) is 0 Å². The lowest BCUT2D eigenvalue weighted by atomic mass is 9.97. The number of carboxylic acids is 1. The van der Waals surface area contributed by atoms with Crippen molar-refractivity contribution in [3.63, 3.8) is 0 Å². The van der Waals surface area contributed by atoms with Gasteiger partial charge in [-0.2, -0.15) is 0 Å². The number of aromatic nitrogens is 1. The Morgan fingerprint density at radius 1 is 1.33 bits per heavy atom. The Hall–Kier alpha value is -1.81. The molecule has 0 bridgehead atoms. The molecule has 0 saturated carbocycles. The minimum Gasteiger partial charge on any atom is -0.481 e. The van der Waals surface area contributed by atoms with Crippen LogP contribution in [-0.2, 0) is 11.3 Å². The molecule has 21 heavy (non-hydrogen) atoms. The first-order valence-corrected chi connectivity index (χ1v) is 7.75. The summed E-state index contributed by atoms with van der Waals surface area (Å²) in [6.45, 7) is 1.98. The number of fused-ring (bicyclic) bond motifs is 1. The van der Waals surface area contributed by atoms with Gasteiger partial charge in [0.2, 0.25) is 0 Å². The molecular weight excluding hydrogens is 264 g/mol. The molecule has 2 N–H and O–H groups in total. The van der Waals surface area contributed by atoms with Crippen molar-refractivity contribution in [1.82, 2.24) is 9.88 Å². The van der Waals surface area contributed by atoms with Crippen molar-refractivity contribution >= 4 is 16.9 Å². The van der Waals surface area contributed by atoms with Gasteiger partial charge in [-0.05, 0) is 37.4 Å². The Bertz CT molecular complexity index is 620. The van der Waals surface area contributed by atoms with Gasteiger partial charge < -0.3 is 10.1 Å². The second kappa shape index (κ2) is 6.31. The van der Waals surface area contributed by atoms with Gasteiger partial charge in [-0.1, -0.05) is 24.6 Å². The summed E-state index contributed by atoms with van der Waals surface area (Å²) < 4.78 is 0. The zero-order chi connectivity index (χ0) is 14.7. The van der Waals surface area contributed by atoms with E-state index >= 15 is 0 Å². The zero-order valence-electron chi connectivity index (χ0n) is 12.2. The number of carbonyl (C=O) groups is 1. The highest BCUT2D eigenvalue weighted by Gasteiger charge is 2.23. The molecule has 1 aromatic carbocycles. The van der Waals surface area contributed by atoms with Gasteiger partial charge in [0.1, 0.15) is 0 Å². The highest BCUT2D eigenvalue weighted by molar-refractivity contribution is 5.82. The number of carboxylic acid groups (broad SMARTS) is 1. The standard InChI is InChI=1S/C17H22N2O2/c20-17(21)9-8-14-5-3-4-10-19(14)12-13-11-18-16-7-2-1-6-15(13)16/h1-2,6-7,11,14,18H,3-5,8-10,12H2,(H,20,21). The highest BCUT2D eigenvalue weighted by Crippen LogP contribution is 2.26. The summed E-state index contributed by atoms with van der Waals surface area (Å²) in [6, 6.07) is 8.76. The Balaban J connectivity index is 1.73. The number of H-pyrrole nitrogens is 1. The molecule has 3 rings (SSSR count). The van der Waals surface area contributed by atoms with E-state index in [2.05, 4.69) is 34.3 Å². The van der Waals surface area contributed by atoms with Crippen LogP contribution in [0.4, 0.5) is 0 Å². The number of rotatable bonds is 5. The van der Waals surface area contributed by atoms with E-state index in [0.29, 0.717) is 6.04 Å². The molecular formula is C17H22N2O2. The number of hydrogen-bond donors (Lipinski definition) is 2. The van der Waals surface area contributed by atoms with E-state index in [1.165, 1.54) is 29.3 Å². The average molecular weight is 286 g/mol. The van der Waals surface area contributed by atoms with Gasteiger partial charge >= 0.3 is 5.97 Å². The molecule has 1 aromatic heterocycles. The van der Waals surface area contributed by atoms with E-state index in [9.17, 15) is 4.79 Å². The number of aliphatic carboxylic acids is 1. The lowest BCUT2D eigenvalue weighted by molar-refractivity contribution is -0.137. The summed E-state index contributed by atoms with van der Waals surface area (Å²) in [5, 5.41) is 10.2. The minimum atomic E-state index is -0.687. The average Bonchev–Trinajstić information content (AvgIpc) is 2.90. The van der Waals surface area contributed by atoms with Gasteiger partial charge in [0.15, 0.2) is 0 Å². The van der Waals surface area contributed by atoms with E-state index < -0.39 is 5.97 Å². The smallest absolute Gasteiger partial charge is 0.303 e. The maximum Gasteiger partial charge on any atom is 0.303 e. The van der Waals surface area contributed by atoms with Crippen LogP contribution in [0.25, 0.3) is 10.9 Å². The lowest BCUT2D eigenvalue weighted by Gasteiger charge is -2.35. The fraction of sp³-hybridized carbons (Fsp3) is 0.471. The maximum atomic E-state index is 10.8. The first-order chi connectivity index (χ1) is 10.2. The summed E-state index contributed by atoms with van der Waals surface area (Å²) in [7, 11) is 0. The second-order valence-electron chi connectivity index (χ2n) is 5.91. The Labute approximate surface area is 124 Å². The molecule has 0 aliphatic carbocycles. The van der Waals surface area contributed by atoms with Crippen molar-refractivity contribution in [1.29, 1.82) is 0 Å². The first kappa shape index (κ1) is 14.1. The SMILES string of the molecule is O=C(O)CCC1CCCCN1Cc1c[nH]c2ccccc12. The predicted octanol–water partition coefficient (Wildman–Crippen LogP) is 3.39. The van der Waals surface area contributed by atoms with Gasteiger partial charge in [0.25, 0.3) is 0 Å². The first-order valence-electron chi connectivity index (χ1n) is 7.75. The molecule has 4 nitrogen and oxygen atoms in total. The molecule has 1 saturated heterocycles. The van der Waals surface area contributed by atoms with Crippen molar-refractivity contribution in [2.24, 2.45) is 0 Å². The van der Waals surface area contributed by atoms with Crippen molar-refractivity contribution < 1.29 is 9.90 Å². The number of aromatic amines is 1. The molecule has 0 spiro atoms. The third-order valence-electron chi connectivity index (χ3n) is 4.49. The summed E-state index contributed by atoms with van der Waals surface area (Å²) in [5.74, 6) is -0.687. The van der Waals surface area contributed by atoms with Crippen LogP contribution < -0.4 is 0 Å². The van der Waals surface area contributed by atoms with Crippen molar-refractivity contribution in [3.8, 4) is 0 Å². The van der Waals surface area contributed by atoms with Crippen LogP contribution >= 0.6 is 0 Å². The van der Waals surface area contributed by atoms with Crippen molar-refractivity contribution in [3.05, 3.63) is 36.0 Å². The van der Waals surface area contributed by atoms with Crippen LogP contribution in [-0.4, -0.2) is 33.5 Å². The van der Waals surface area contributed by atoms with E-state index in [4.69, 9.17) is 5.11 Å². The number of likely N-dealkylation sites (tertiary alicyclic amines) is 1. The quantitative estimate of drug-likeness (QED) is 0.886. The normalized spacial score (nSPS) is 19.9. The van der Waals surface area contributed by atoms with E-state index in [-0.39, 0.29) is 6.42 Å². The number of piperidine rings is 1. The molecule has 1 atom stereocenters. The number of nitrogens with zero attached hydrogens (tertiary/aromatic N) is 1. The van der Waals surface area contributed by atoms with Gasteiger partial charge in [-0.3, -0.25) is 9.69 Å². The maximum absolute atomic E-state index is 10.8. The summed E-state index contributed by atoms with van der Waals surface area (Å²) in [4.78, 5) is 16.6. The predicted molar refractivity (Wildman–Crippen MR) is 83.2 cm³/mol. The number of benzene rings is 1. The lowest BCUT2D eigenvalue weighted by Crippen LogP contribution is -2.39. The van der Waals surface area contributed by atoms with Crippen LogP contribution in [0.3, 0.4) is 0 Å². The van der Waals surface area contributed by atoms with E-state index in [0.717, 1.165) is 25.9 Å². The van der Waals surface area contributed by atoms with Gasteiger partial charge in [-0.15, -0.1) is 0 Å². The highest BCUT2D eigenvalue weighted by atomic mass is 16.4. The Morgan fingerprint density at radius 3 is 3.05 bits per heavy atom. The zero-order valence-corrected chi connectivity index (χ0v) is 12.2.